The molecule has 1 atom stereocenters. The van der Waals surface area contributed by atoms with Crippen LogP contribution in [0.4, 0.5) is 13.2 Å². The number of guanidine groups is 1. The molecule has 3 rings (SSSR count). The van der Waals surface area contributed by atoms with Gasteiger partial charge in [-0.3, -0.25) is 9.89 Å². The number of aliphatic imine (C=N–C) groups is 1. The van der Waals surface area contributed by atoms with Crippen molar-refractivity contribution in [3.05, 3.63) is 35.4 Å². The molecule has 2 heterocycles. The molecule has 2 fully saturated rings. The Kier molecular flexibility index (Phi) is 10.1. The first-order valence-electron chi connectivity index (χ1n) is 9.94. The highest BCUT2D eigenvalue weighted by atomic mass is 127. The van der Waals surface area contributed by atoms with Crippen LogP contribution in [0, 0.1) is 0 Å². The van der Waals surface area contributed by atoms with Crippen molar-refractivity contribution in [2.45, 2.75) is 31.8 Å². The Labute approximate surface area is 192 Å². The second kappa shape index (κ2) is 12.1. The van der Waals surface area contributed by atoms with Crippen LogP contribution in [0.1, 0.15) is 17.5 Å². The van der Waals surface area contributed by atoms with Gasteiger partial charge < -0.3 is 19.7 Å². The molecule has 1 aromatic carbocycles. The minimum Gasteiger partial charge on any atom is -0.379 e. The third kappa shape index (κ3) is 7.86. The van der Waals surface area contributed by atoms with Crippen molar-refractivity contribution in [1.29, 1.82) is 0 Å². The largest absolute Gasteiger partial charge is 0.411 e. The van der Waals surface area contributed by atoms with Crippen molar-refractivity contribution in [3.63, 3.8) is 0 Å². The van der Waals surface area contributed by atoms with Crippen molar-refractivity contribution in [1.82, 2.24) is 15.1 Å². The van der Waals surface area contributed by atoms with E-state index in [9.17, 15) is 13.2 Å². The summed E-state index contributed by atoms with van der Waals surface area (Å²) in [5, 5.41) is 3.39. The molecule has 0 saturated carbocycles. The van der Waals surface area contributed by atoms with Gasteiger partial charge in [0.1, 0.15) is 6.61 Å². The molecule has 0 aromatic heterocycles. The first-order chi connectivity index (χ1) is 13.9. The van der Waals surface area contributed by atoms with E-state index in [4.69, 9.17) is 4.74 Å². The predicted octanol–water partition coefficient (Wildman–Crippen LogP) is 2.87. The molecule has 2 aliphatic heterocycles. The zero-order valence-corrected chi connectivity index (χ0v) is 19.5. The molecule has 0 radical (unpaired) electrons. The van der Waals surface area contributed by atoms with Crippen LogP contribution in [0.2, 0.25) is 0 Å². The third-order valence-electron chi connectivity index (χ3n) is 5.24. The maximum atomic E-state index is 12.1. The molecule has 30 heavy (non-hydrogen) atoms. The van der Waals surface area contributed by atoms with E-state index in [1.165, 1.54) is 0 Å². The lowest BCUT2D eigenvalue weighted by Gasteiger charge is -2.32. The minimum absolute atomic E-state index is 0. The Morgan fingerprint density at radius 2 is 1.83 bits per heavy atom. The zero-order valence-electron chi connectivity index (χ0n) is 17.2. The Morgan fingerprint density at radius 1 is 1.17 bits per heavy atom. The van der Waals surface area contributed by atoms with Gasteiger partial charge in [0, 0.05) is 45.8 Å². The average molecular weight is 542 g/mol. The smallest absolute Gasteiger partial charge is 0.379 e. The van der Waals surface area contributed by atoms with E-state index >= 15 is 0 Å². The van der Waals surface area contributed by atoms with Crippen LogP contribution in [0.3, 0.4) is 0 Å². The second-order valence-electron chi connectivity index (χ2n) is 7.36. The number of morpholine rings is 1. The first kappa shape index (κ1) is 25.2. The van der Waals surface area contributed by atoms with Crippen LogP contribution in [-0.4, -0.2) is 81.0 Å². The molecule has 10 heteroatoms. The fraction of sp³-hybridized carbons (Fsp3) is 0.650. The van der Waals surface area contributed by atoms with Gasteiger partial charge in [-0.1, -0.05) is 24.3 Å². The van der Waals surface area contributed by atoms with Gasteiger partial charge in [-0.05, 0) is 17.5 Å². The summed E-state index contributed by atoms with van der Waals surface area (Å²) in [5.74, 6) is 0.873. The monoisotopic (exact) mass is 542 g/mol. The van der Waals surface area contributed by atoms with Crippen molar-refractivity contribution in [2.24, 2.45) is 4.99 Å². The van der Waals surface area contributed by atoms with Crippen molar-refractivity contribution in [3.8, 4) is 0 Å². The topological polar surface area (TPSA) is 49.3 Å². The summed E-state index contributed by atoms with van der Waals surface area (Å²) in [4.78, 5) is 9.18. The van der Waals surface area contributed by atoms with E-state index in [0.29, 0.717) is 12.6 Å². The molecule has 0 spiro atoms. The summed E-state index contributed by atoms with van der Waals surface area (Å²) in [6.45, 7) is 4.84. The van der Waals surface area contributed by atoms with Crippen LogP contribution >= 0.6 is 24.0 Å². The molecule has 1 N–H and O–H groups in total. The van der Waals surface area contributed by atoms with E-state index in [1.54, 1.807) is 19.2 Å². The zero-order chi connectivity index (χ0) is 20.7. The van der Waals surface area contributed by atoms with E-state index in [0.717, 1.165) is 62.9 Å². The lowest BCUT2D eigenvalue weighted by molar-refractivity contribution is -0.176. The van der Waals surface area contributed by atoms with Crippen molar-refractivity contribution in [2.75, 3.05) is 53.0 Å². The molecule has 0 aliphatic carbocycles. The van der Waals surface area contributed by atoms with Gasteiger partial charge >= 0.3 is 6.18 Å². The van der Waals surface area contributed by atoms with Gasteiger partial charge in [-0.15, -0.1) is 24.0 Å². The molecule has 0 amide bonds. The second-order valence-corrected chi connectivity index (χ2v) is 7.36. The Hall–Kier alpha value is -1.11. The molecule has 1 unspecified atom stereocenters. The van der Waals surface area contributed by atoms with Crippen LogP contribution in [0.15, 0.2) is 29.3 Å². The minimum atomic E-state index is -4.30. The number of nitrogens with zero attached hydrogens (tertiary/aromatic N) is 3. The number of ether oxygens (including phenoxy) is 2. The highest BCUT2D eigenvalue weighted by Gasteiger charge is 2.30. The van der Waals surface area contributed by atoms with Gasteiger partial charge in [0.05, 0.1) is 19.8 Å². The van der Waals surface area contributed by atoms with Crippen molar-refractivity contribution >= 4 is 29.9 Å². The number of halogens is 4. The van der Waals surface area contributed by atoms with Crippen LogP contribution < -0.4 is 5.32 Å². The summed E-state index contributed by atoms with van der Waals surface area (Å²) in [5.41, 5.74) is 1.75. The fourth-order valence-electron chi connectivity index (χ4n) is 3.73. The lowest BCUT2D eigenvalue weighted by Crippen LogP contribution is -2.46. The maximum absolute atomic E-state index is 12.1. The standard InChI is InChI=1S/C20H29F3N4O2.HI/c1-24-19(27-7-6-18(13-27)26-8-10-28-11-9-26)25-12-16-2-4-17(5-3-16)14-29-15-20(21,22)23;/h2-5,18H,6-15H2,1H3,(H,24,25);1H. The number of alkyl halides is 3. The summed E-state index contributed by atoms with van der Waals surface area (Å²) >= 11 is 0. The SMILES string of the molecule is CN=C(NCc1ccc(COCC(F)(F)F)cc1)N1CCC(N2CCOCC2)C1.I. The quantitative estimate of drug-likeness (QED) is 0.341. The molecule has 170 valence electrons. The molecule has 0 bridgehead atoms. The number of benzene rings is 1. The first-order valence-corrected chi connectivity index (χ1v) is 9.94. The van der Waals surface area contributed by atoms with Crippen LogP contribution in [0.5, 0.6) is 0 Å². The van der Waals surface area contributed by atoms with E-state index < -0.39 is 12.8 Å². The number of nitrogens with one attached hydrogen (secondary N) is 1. The lowest BCUT2D eigenvalue weighted by atomic mass is 10.1. The summed E-state index contributed by atoms with van der Waals surface area (Å²) in [6.07, 6.45) is -3.18. The summed E-state index contributed by atoms with van der Waals surface area (Å²) in [7, 11) is 1.78. The predicted molar refractivity (Wildman–Crippen MR) is 120 cm³/mol. The molecular formula is C20H30F3IN4O2. The van der Waals surface area contributed by atoms with Crippen molar-refractivity contribution < 1.29 is 22.6 Å². The molecule has 2 saturated heterocycles. The Morgan fingerprint density at radius 3 is 2.47 bits per heavy atom. The number of hydrogen-bond donors (Lipinski definition) is 1. The average Bonchev–Trinajstić information content (AvgIpc) is 3.19. The van der Waals surface area contributed by atoms with Crippen LogP contribution in [-0.2, 0) is 22.6 Å². The summed E-state index contributed by atoms with van der Waals surface area (Å²) in [6, 6.07) is 7.91. The Bertz CT molecular complexity index is 667. The number of rotatable bonds is 6. The van der Waals surface area contributed by atoms with E-state index in [-0.39, 0.29) is 30.6 Å². The van der Waals surface area contributed by atoms with Gasteiger partial charge in [0.25, 0.3) is 0 Å². The highest BCUT2D eigenvalue weighted by Crippen LogP contribution is 2.18. The van der Waals surface area contributed by atoms with Gasteiger partial charge in [-0.2, -0.15) is 13.2 Å². The molecular weight excluding hydrogens is 512 g/mol. The number of hydrogen-bond acceptors (Lipinski definition) is 4. The van der Waals surface area contributed by atoms with Crippen LogP contribution in [0.25, 0.3) is 0 Å². The van der Waals surface area contributed by atoms with Gasteiger partial charge in [0.2, 0.25) is 0 Å². The van der Waals surface area contributed by atoms with Gasteiger partial charge in [-0.25, -0.2) is 0 Å². The highest BCUT2D eigenvalue weighted by molar-refractivity contribution is 14.0. The number of likely N-dealkylation sites (tertiary alicyclic amines) is 1. The normalized spacial score (nSPS) is 20.9. The molecule has 6 nitrogen and oxygen atoms in total. The Balaban J connectivity index is 0.00000320. The third-order valence-corrected chi connectivity index (χ3v) is 5.24. The van der Waals surface area contributed by atoms with E-state index in [1.807, 2.05) is 12.1 Å². The van der Waals surface area contributed by atoms with E-state index in [2.05, 4.69) is 24.8 Å². The summed E-state index contributed by atoms with van der Waals surface area (Å²) < 4.78 is 46.5. The van der Waals surface area contributed by atoms with Gasteiger partial charge in [0.15, 0.2) is 5.96 Å². The maximum Gasteiger partial charge on any atom is 0.411 e. The molecule has 2 aliphatic rings. The molecule has 1 aromatic rings. The fourth-order valence-corrected chi connectivity index (χ4v) is 3.73.